The van der Waals surface area contributed by atoms with Gasteiger partial charge in [0.25, 0.3) is 5.92 Å². The van der Waals surface area contributed by atoms with Gasteiger partial charge in [-0.05, 0) is 38.0 Å². The van der Waals surface area contributed by atoms with Crippen LogP contribution in [0, 0.1) is 18.6 Å². The summed E-state index contributed by atoms with van der Waals surface area (Å²) in [5.74, 6) is -5.08. The number of nitrogens with zero attached hydrogens (tertiary/aromatic N) is 6. The second kappa shape index (κ2) is 8.87. The van der Waals surface area contributed by atoms with Crippen molar-refractivity contribution in [1.29, 1.82) is 0 Å². The highest BCUT2D eigenvalue weighted by atomic mass is 19.3. The molecular weight excluding hydrogens is 485 g/mol. The number of anilines is 1. The van der Waals surface area contributed by atoms with Crippen LogP contribution in [0.25, 0.3) is 27.7 Å². The third kappa shape index (κ3) is 4.00. The maximum absolute atomic E-state index is 15.3. The summed E-state index contributed by atoms with van der Waals surface area (Å²) >= 11 is 0. The number of fused-ring (bicyclic) bond motifs is 2. The number of nitrogens with one attached hydrogen (secondary N) is 1. The van der Waals surface area contributed by atoms with Gasteiger partial charge in [-0.15, -0.1) is 5.10 Å². The number of hydrogen-bond acceptors (Lipinski definition) is 6. The fraction of sp³-hybridized carbons (Fsp3) is 0.435. The summed E-state index contributed by atoms with van der Waals surface area (Å²) in [6.45, 7) is -2.94. The maximum Gasteiger partial charge on any atom is 0.280 e. The van der Waals surface area contributed by atoms with Gasteiger partial charge in [-0.3, -0.25) is 0 Å². The van der Waals surface area contributed by atoms with Crippen molar-refractivity contribution >= 4 is 22.5 Å². The normalized spacial score (nSPS) is 19.9. The number of halogens is 5. The number of ether oxygens (including phenoxy) is 1. The van der Waals surface area contributed by atoms with Gasteiger partial charge < -0.3 is 19.5 Å². The lowest BCUT2D eigenvalue weighted by Gasteiger charge is -2.36. The van der Waals surface area contributed by atoms with Crippen LogP contribution in [-0.2, 0) is 6.54 Å². The number of likely N-dealkylation sites (tertiary alicyclic amines) is 1. The van der Waals surface area contributed by atoms with Crippen LogP contribution in [-0.4, -0.2) is 74.9 Å². The standard InChI is InChI=1S/C23H24F5N7O/c1-12-29-19-14(25)8-13(9-16(19)34(12)7-5-24)18-15(26)10-35-20(18)21(36-3)31-22(32-35)30-17-4-6-33(2)11-23(17,27)28/h8-10,17H,4-7,11H2,1-3H3,(H,30,32)/i2D3. The molecule has 0 aliphatic carbocycles. The van der Waals surface area contributed by atoms with Crippen molar-refractivity contribution in [3.63, 3.8) is 0 Å². The van der Waals surface area contributed by atoms with E-state index < -0.39 is 43.8 Å². The lowest BCUT2D eigenvalue weighted by Crippen LogP contribution is -2.53. The number of imidazole rings is 1. The molecule has 0 radical (unpaired) electrons. The SMILES string of the molecule is [2H]C([2H])([2H])N1CCC(Nc2nc(OC)c3c(-c4cc(F)c5nc(C)n(CCF)c5c4)c(F)cn3n2)C(F)(F)C1. The fourth-order valence-electron chi connectivity index (χ4n) is 4.58. The van der Waals surface area contributed by atoms with E-state index in [-0.39, 0.29) is 59.0 Å². The Hall–Kier alpha value is -3.48. The van der Waals surface area contributed by atoms with E-state index in [9.17, 15) is 13.2 Å². The lowest BCUT2D eigenvalue weighted by atomic mass is 10.0. The number of benzene rings is 1. The average molecular weight is 513 g/mol. The smallest absolute Gasteiger partial charge is 0.280 e. The summed E-state index contributed by atoms with van der Waals surface area (Å²) < 4.78 is 103. The molecule has 0 spiro atoms. The van der Waals surface area contributed by atoms with E-state index in [4.69, 9.17) is 8.85 Å². The molecular formula is C23H24F5N7O. The Morgan fingerprint density at radius 3 is 2.75 bits per heavy atom. The molecule has 1 N–H and O–H groups in total. The van der Waals surface area contributed by atoms with E-state index in [2.05, 4.69) is 20.4 Å². The number of methoxy groups -OCH3 is 1. The van der Waals surface area contributed by atoms with Gasteiger partial charge in [0.15, 0.2) is 11.6 Å². The topological polar surface area (TPSA) is 72.5 Å². The Balaban J connectivity index is 1.55. The minimum atomic E-state index is -3.43. The second-order valence-electron chi connectivity index (χ2n) is 8.58. The number of piperidine rings is 1. The van der Waals surface area contributed by atoms with Crippen LogP contribution in [0.3, 0.4) is 0 Å². The summed E-state index contributed by atoms with van der Waals surface area (Å²) in [4.78, 5) is 8.99. The number of hydrogen-bond donors (Lipinski definition) is 1. The van der Waals surface area contributed by atoms with Crippen LogP contribution in [0.1, 0.15) is 16.4 Å². The van der Waals surface area contributed by atoms with Crippen LogP contribution < -0.4 is 10.1 Å². The van der Waals surface area contributed by atoms with Crippen molar-refractivity contribution < 1.29 is 30.8 Å². The van der Waals surface area contributed by atoms with Gasteiger partial charge >= 0.3 is 0 Å². The van der Waals surface area contributed by atoms with Crippen molar-refractivity contribution in [3.8, 4) is 17.0 Å². The van der Waals surface area contributed by atoms with Gasteiger partial charge in [0.1, 0.15) is 23.5 Å². The first-order valence-electron chi connectivity index (χ1n) is 12.6. The first kappa shape index (κ1) is 20.7. The molecule has 1 aliphatic rings. The molecule has 1 fully saturated rings. The zero-order valence-corrected chi connectivity index (χ0v) is 19.3. The van der Waals surface area contributed by atoms with Crippen LogP contribution >= 0.6 is 0 Å². The lowest BCUT2D eigenvalue weighted by molar-refractivity contribution is -0.0675. The van der Waals surface area contributed by atoms with Crippen LogP contribution in [0.4, 0.5) is 27.9 Å². The second-order valence-corrected chi connectivity index (χ2v) is 8.58. The van der Waals surface area contributed by atoms with Gasteiger partial charge in [-0.2, -0.15) is 4.98 Å². The molecule has 5 rings (SSSR count). The maximum atomic E-state index is 15.3. The number of rotatable bonds is 6. The summed E-state index contributed by atoms with van der Waals surface area (Å²) in [7, 11) is 1.24. The molecule has 8 nitrogen and oxygen atoms in total. The molecule has 0 amide bonds. The molecule has 0 bridgehead atoms. The van der Waals surface area contributed by atoms with Crippen molar-refractivity contribution in [1.82, 2.24) is 29.0 Å². The van der Waals surface area contributed by atoms with E-state index >= 15 is 8.78 Å². The molecule has 1 unspecified atom stereocenters. The van der Waals surface area contributed by atoms with Gasteiger partial charge in [-0.25, -0.2) is 31.5 Å². The Kier molecular flexibility index (Phi) is 5.10. The highest BCUT2D eigenvalue weighted by Gasteiger charge is 2.44. The first-order chi connectivity index (χ1) is 18.3. The highest BCUT2D eigenvalue weighted by molar-refractivity contribution is 5.90. The third-order valence-corrected chi connectivity index (χ3v) is 6.24. The molecule has 1 aliphatic heterocycles. The van der Waals surface area contributed by atoms with E-state index in [0.29, 0.717) is 5.82 Å². The van der Waals surface area contributed by atoms with Crippen LogP contribution in [0.15, 0.2) is 18.3 Å². The van der Waals surface area contributed by atoms with Gasteiger partial charge in [0.05, 0.1) is 43.5 Å². The first-order valence-corrected chi connectivity index (χ1v) is 11.1. The Morgan fingerprint density at radius 1 is 1.25 bits per heavy atom. The van der Waals surface area contributed by atoms with E-state index in [1.807, 2.05) is 0 Å². The van der Waals surface area contributed by atoms with Crippen molar-refractivity contribution in [2.75, 3.05) is 39.2 Å². The summed E-state index contributed by atoms with van der Waals surface area (Å²) in [5.41, 5.74) is 0.264. The van der Waals surface area contributed by atoms with Crippen LogP contribution in [0.5, 0.6) is 5.88 Å². The number of aromatic nitrogens is 5. The van der Waals surface area contributed by atoms with Gasteiger partial charge in [0.2, 0.25) is 11.8 Å². The highest BCUT2D eigenvalue weighted by Crippen LogP contribution is 2.37. The summed E-state index contributed by atoms with van der Waals surface area (Å²) in [6.07, 6.45) is 0.757. The molecule has 4 aromatic rings. The van der Waals surface area contributed by atoms with Gasteiger partial charge in [-0.1, -0.05) is 0 Å². The predicted molar refractivity (Wildman–Crippen MR) is 123 cm³/mol. The molecule has 3 aromatic heterocycles. The average Bonchev–Trinajstić information content (AvgIpc) is 3.35. The molecule has 13 heteroatoms. The molecule has 1 saturated heterocycles. The van der Waals surface area contributed by atoms with Crippen molar-refractivity contribution in [2.45, 2.75) is 31.9 Å². The zero-order chi connectivity index (χ0) is 28.3. The Morgan fingerprint density at radius 2 is 2.06 bits per heavy atom. The largest absolute Gasteiger partial charge is 0.479 e. The van der Waals surface area contributed by atoms with E-state index in [1.54, 1.807) is 6.92 Å². The van der Waals surface area contributed by atoms with Crippen LogP contribution in [0.2, 0.25) is 0 Å². The van der Waals surface area contributed by atoms with E-state index in [0.717, 1.165) is 21.7 Å². The zero-order valence-electron chi connectivity index (χ0n) is 22.3. The quantitative estimate of drug-likeness (QED) is 0.393. The molecule has 1 aromatic carbocycles. The molecule has 4 heterocycles. The Labute approximate surface area is 206 Å². The number of aryl methyl sites for hydroxylation is 2. The molecule has 192 valence electrons. The van der Waals surface area contributed by atoms with Crippen molar-refractivity contribution in [2.24, 2.45) is 0 Å². The summed E-state index contributed by atoms with van der Waals surface area (Å²) in [6, 6.07) is 1.06. The molecule has 1 atom stereocenters. The van der Waals surface area contributed by atoms with Crippen molar-refractivity contribution in [3.05, 3.63) is 35.8 Å². The minimum Gasteiger partial charge on any atom is -0.479 e. The van der Waals surface area contributed by atoms with Gasteiger partial charge in [0, 0.05) is 10.7 Å². The summed E-state index contributed by atoms with van der Waals surface area (Å²) in [5, 5.41) is 6.63. The molecule has 0 saturated carbocycles. The minimum absolute atomic E-state index is 0.00814. The third-order valence-electron chi connectivity index (χ3n) is 6.24. The predicted octanol–water partition coefficient (Wildman–Crippen LogP) is 4.06. The molecule has 36 heavy (non-hydrogen) atoms. The number of alkyl halides is 3. The fourth-order valence-corrected chi connectivity index (χ4v) is 4.58. The monoisotopic (exact) mass is 512 g/mol. The van der Waals surface area contributed by atoms with E-state index in [1.165, 1.54) is 17.7 Å². The Bertz CT molecular complexity index is 1560.